The van der Waals surface area contributed by atoms with Gasteiger partial charge in [-0.1, -0.05) is 42.6 Å². The van der Waals surface area contributed by atoms with E-state index < -0.39 is 0 Å². The highest BCUT2D eigenvalue weighted by molar-refractivity contribution is 9.09. The molecule has 0 aliphatic carbocycles. The Balaban J connectivity index is 3.15. The lowest BCUT2D eigenvalue weighted by Crippen LogP contribution is -2.25. The van der Waals surface area contributed by atoms with Gasteiger partial charge in [-0.05, 0) is 20.0 Å². The van der Waals surface area contributed by atoms with Crippen molar-refractivity contribution in [2.45, 2.75) is 37.9 Å². The van der Waals surface area contributed by atoms with Crippen molar-refractivity contribution >= 4 is 15.9 Å². The minimum atomic E-state index is 0.620. The van der Waals surface area contributed by atoms with E-state index in [0.29, 0.717) is 4.83 Å². The monoisotopic (exact) mass is 221 g/mol. The molecule has 0 radical (unpaired) electrons. The summed E-state index contributed by atoms with van der Waals surface area (Å²) in [6.45, 7) is 6.83. The SMILES string of the molecule is CCCCCN(C)CC(C)Br. The largest absolute Gasteiger partial charge is 0.305 e. The lowest BCUT2D eigenvalue weighted by atomic mass is 10.2. The van der Waals surface area contributed by atoms with E-state index in [4.69, 9.17) is 0 Å². The average Bonchev–Trinajstić information content (AvgIpc) is 1.86. The van der Waals surface area contributed by atoms with Crippen LogP contribution in [-0.2, 0) is 0 Å². The Morgan fingerprint density at radius 2 is 2.00 bits per heavy atom. The summed E-state index contributed by atoms with van der Waals surface area (Å²) in [5.74, 6) is 0. The van der Waals surface area contributed by atoms with Crippen LogP contribution >= 0.6 is 15.9 Å². The number of rotatable bonds is 6. The second-order valence-electron chi connectivity index (χ2n) is 3.25. The van der Waals surface area contributed by atoms with Crippen LogP contribution in [-0.4, -0.2) is 29.9 Å². The summed E-state index contributed by atoms with van der Waals surface area (Å²) >= 11 is 3.54. The molecule has 0 N–H and O–H groups in total. The highest BCUT2D eigenvalue weighted by Crippen LogP contribution is 2.01. The first-order chi connectivity index (χ1) is 5.16. The van der Waals surface area contributed by atoms with Crippen molar-refractivity contribution in [3.05, 3.63) is 0 Å². The summed E-state index contributed by atoms with van der Waals surface area (Å²) < 4.78 is 0. The molecule has 1 nitrogen and oxygen atoms in total. The molecule has 2 heteroatoms. The number of alkyl halides is 1. The van der Waals surface area contributed by atoms with Crippen molar-refractivity contribution < 1.29 is 0 Å². The van der Waals surface area contributed by atoms with Gasteiger partial charge in [0, 0.05) is 11.4 Å². The molecule has 0 heterocycles. The van der Waals surface area contributed by atoms with Crippen LogP contribution < -0.4 is 0 Å². The molecule has 1 atom stereocenters. The van der Waals surface area contributed by atoms with Crippen molar-refractivity contribution in [3.8, 4) is 0 Å². The molecule has 0 spiro atoms. The summed E-state index contributed by atoms with van der Waals surface area (Å²) in [6, 6.07) is 0. The summed E-state index contributed by atoms with van der Waals surface area (Å²) in [5, 5.41) is 0. The standard InChI is InChI=1S/C9H20BrN/c1-4-5-6-7-11(3)8-9(2)10/h9H,4-8H2,1-3H3. The summed E-state index contributed by atoms with van der Waals surface area (Å²) in [7, 11) is 2.19. The third-order valence-electron chi connectivity index (χ3n) is 1.71. The van der Waals surface area contributed by atoms with Crippen LogP contribution in [0.3, 0.4) is 0 Å². The van der Waals surface area contributed by atoms with Crippen LogP contribution in [0.5, 0.6) is 0 Å². The number of hydrogen-bond acceptors (Lipinski definition) is 1. The molecule has 0 saturated heterocycles. The normalized spacial score (nSPS) is 13.9. The molecule has 0 aliphatic rings. The third kappa shape index (κ3) is 8.35. The first-order valence-corrected chi connectivity index (χ1v) is 5.41. The van der Waals surface area contributed by atoms with E-state index in [1.165, 1.54) is 25.8 Å². The van der Waals surface area contributed by atoms with E-state index in [-0.39, 0.29) is 0 Å². The summed E-state index contributed by atoms with van der Waals surface area (Å²) in [6.07, 6.45) is 4.02. The lowest BCUT2D eigenvalue weighted by molar-refractivity contribution is 0.331. The van der Waals surface area contributed by atoms with Gasteiger partial charge in [-0.2, -0.15) is 0 Å². The fourth-order valence-corrected chi connectivity index (χ4v) is 1.65. The molecular weight excluding hydrogens is 202 g/mol. The third-order valence-corrected chi connectivity index (χ3v) is 2.00. The van der Waals surface area contributed by atoms with Gasteiger partial charge in [0.15, 0.2) is 0 Å². The number of halogens is 1. The van der Waals surface area contributed by atoms with Gasteiger partial charge >= 0.3 is 0 Å². The van der Waals surface area contributed by atoms with Crippen molar-refractivity contribution in [2.75, 3.05) is 20.1 Å². The molecule has 0 saturated carbocycles. The van der Waals surface area contributed by atoms with Crippen LogP contribution in [0.25, 0.3) is 0 Å². The Kier molecular flexibility index (Phi) is 7.39. The molecule has 0 fully saturated rings. The van der Waals surface area contributed by atoms with Gasteiger partial charge in [0.25, 0.3) is 0 Å². The second-order valence-corrected chi connectivity index (χ2v) is 4.81. The fourth-order valence-electron chi connectivity index (χ4n) is 1.15. The summed E-state index contributed by atoms with van der Waals surface area (Å²) in [4.78, 5) is 3.00. The van der Waals surface area contributed by atoms with Crippen molar-refractivity contribution in [1.82, 2.24) is 4.90 Å². The van der Waals surface area contributed by atoms with Gasteiger partial charge < -0.3 is 4.90 Å². The molecular formula is C9H20BrN. The van der Waals surface area contributed by atoms with Gasteiger partial charge in [-0.15, -0.1) is 0 Å². The van der Waals surface area contributed by atoms with Gasteiger partial charge in [0.1, 0.15) is 0 Å². The quantitative estimate of drug-likeness (QED) is 0.493. The molecule has 0 amide bonds. The van der Waals surface area contributed by atoms with E-state index >= 15 is 0 Å². The van der Waals surface area contributed by atoms with Crippen molar-refractivity contribution in [1.29, 1.82) is 0 Å². The maximum absolute atomic E-state index is 3.54. The van der Waals surface area contributed by atoms with Crippen LogP contribution in [0.15, 0.2) is 0 Å². The smallest absolute Gasteiger partial charge is 0.0244 e. The molecule has 1 unspecified atom stereocenters. The molecule has 0 aromatic heterocycles. The predicted octanol–water partition coefficient (Wildman–Crippen LogP) is 2.89. The zero-order valence-corrected chi connectivity index (χ0v) is 9.52. The minimum Gasteiger partial charge on any atom is -0.305 e. The van der Waals surface area contributed by atoms with Crippen LogP contribution in [0.4, 0.5) is 0 Å². The summed E-state index contributed by atoms with van der Waals surface area (Å²) in [5.41, 5.74) is 0. The Morgan fingerprint density at radius 3 is 2.45 bits per heavy atom. The molecule has 0 aromatic rings. The Labute approximate surface area is 79.3 Å². The maximum atomic E-state index is 3.54. The number of unbranched alkanes of at least 4 members (excludes halogenated alkanes) is 2. The number of nitrogens with zero attached hydrogens (tertiary/aromatic N) is 1. The zero-order valence-electron chi connectivity index (χ0n) is 7.94. The van der Waals surface area contributed by atoms with Crippen molar-refractivity contribution in [2.24, 2.45) is 0 Å². The maximum Gasteiger partial charge on any atom is 0.0244 e. The number of hydrogen-bond donors (Lipinski definition) is 0. The second kappa shape index (κ2) is 7.11. The lowest BCUT2D eigenvalue weighted by Gasteiger charge is -2.17. The van der Waals surface area contributed by atoms with E-state index in [1.54, 1.807) is 0 Å². The highest BCUT2D eigenvalue weighted by Gasteiger charge is 2.00. The van der Waals surface area contributed by atoms with Gasteiger partial charge in [0.2, 0.25) is 0 Å². The fraction of sp³-hybridized carbons (Fsp3) is 1.00. The van der Waals surface area contributed by atoms with E-state index in [2.05, 4.69) is 41.7 Å². The Bertz CT molecular complexity index is 83.6. The van der Waals surface area contributed by atoms with Gasteiger partial charge in [0.05, 0.1) is 0 Å². The molecule has 0 aliphatic heterocycles. The molecule has 11 heavy (non-hydrogen) atoms. The molecule has 68 valence electrons. The highest BCUT2D eigenvalue weighted by atomic mass is 79.9. The van der Waals surface area contributed by atoms with Crippen LogP contribution in [0.1, 0.15) is 33.1 Å². The molecule has 0 rings (SSSR count). The first kappa shape index (κ1) is 11.4. The van der Waals surface area contributed by atoms with E-state index in [9.17, 15) is 0 Å². The topological polar surface area (TPSA) is 3.24 Å². The Morgan fingerprint density at radius 1 is 1.36 bits per heavy atom. The zero-order chi connectivity index (χ0) is 8.69. The van der Waals surface area contributed by atoms with E-state index in [0.717, 1.165) is 6.54 Å². The minimum absolute atomic E-state index is 0.620. The molecule has 0 aromatic carbocycles. The van der Waals surface area contributed by atoms with Gasteiger partial charge in [-0.25, -0.2) is 0 Å². The van der Waals surface area contributed by atoms with Gasteiger partial charge in [-0.3, -0.25) is 0 Å². The Hall–Kier alpha value is 0.440. The first-order valence-electron chi connectivity index (χ1n) is 4.49. The van der Waals surface area contributed by atoms with Crippen molar-refractivity contribution in [3.63, 3.8) is 0 Å². The van der Waals surface area contributed by atoms with Crippen LogP contribution in [0, 0.1) is 0 Å². The molecule has 0 bridgehead atoms. The predicted molar refractivity (Wildman–Crippen MR) is 55.4 cm³/mol. The van der Waals surface area contributed by atoms with Crippen LogP contribution in [0.2, 0.25) is 0 Å². The average molecular weight is 222 g/mol. The van der Waals surface area contributed by atoms with E-state index in [1.807, 2.05) is 0 Å².